The summed E-state index contributed by atoms with van der Waals surface area (Å²) in [6, 6.07) is 4.34. The smallest absolute Gasteiger partial charge is 0.399 e. The molecule has 0 aromatic heterocycles. The third kappa shape index (κ3) is 1.97. The average Bonchev–Trinajstić information content (AvgIpc) is 2.47. The van der Waals surface area contributed by atoms with E-state index in [1.54, 1.807) is 6.07 Å². The monoisotopic (exact) mass is 250 g/mol. The Balaban J connectivity index is 2.44. The van der Waals surface area contributed by atoms with Crippen LogP contribution in [0.5, 0.6) is 0 Å². The minimum absolute atomic E-state index is 0.172. The van der Waals surface area contributed by atoms with E-state index in [9.17, 15) is 9.18 Å². The third-order valence-electron chi connectivity index (χ3n) is 3.70. The van der Waals surface area contributed by atoms with Gasteiger partial charge in [-0.25, -0.2) is 4.39 Å². The number of carbonyl (C=O) groups excluding carboxylic acids is 1. The molecule has 0 unspecified atom stereocenters. The molecule has 1 fully saturated rings. The molecule has 1 aromatic carbocycles. The summed E-state index contributed by atoms with van der Waals surface area (Å²) in [4.78, 5) is 11.0. The Kier molecular flexibility index (Phi) is 3.07. The molecule has 0 radical (unpaired) electrons. The summed E-state index contributed by atoms with van der Waals surface area (Å²) in [5.74, 6) is -0.488. The Hall–Kier alpha value is -1.20. The predicted octanol–water partition coefficient (Wildman–Crippen LogP) is 1.94. The van der Waals surface area contributed by atoms with Crippen LogP contribution >= 0.6 is 0 Å². The molecule has 1 aliphatic heterocycles. The minimum atomic E-state index is -0.851. The van der Waals surface area contributed by atoms with Crippen molar-refractivity contribution in [3.8, 4) is 0 Å². The molecule has 18 heavy (non-hydrogen) atoms. The zero-order valence-corrected chi connectivity index (χ0v) is 11.0. The van der Waals surface area contributed by atoms with Crippen molar-refractivity contribution in [1.29, 1.82) is 0 Å². The largest absolute Gasteiger partial charge is 0.498 e. The van der Waals surface area contributed by atoms with E-state index in [1.165, 1.54) is 12.1 Å². The lowest BCUT2D eigenvalue weighted by Crippen LogP contribution is -2.41. The van der Waals surface area contributed by atoms with Gasteiger partial charge in [0, 0.05) is 11.0 Å². The molecular weight excluding hydrogens is 234 g/mol. The van der Waals surface area contributed by atoms with Gasteiger partial charge in [0.2, 0.25) is 0 Å². The molecule has 1 saturated heterocycles. The Morgan fingerprint density at radius 3 is 2.22 bits per heavy atom. The molecule has 0 amide bonds. The van der Waals surface area contributed by atoms with Crippen LogP contribution in [0.1, 0.15) is 38.1 Å². The number of halogens is 1. The number of benzene rings is 1. The van der Waals surface area contributed by atoms with Gasteiger partial charge in [-0.15, -0.1) is 0 Å². The fraction of sp³-hybridized carbons (Fsp3) is 0.462. The molecule has 3 nitrogen and oxygen atoms in total. The van der Waals surface area contributed by atoms with Crippen molar-refractivity contribution in [3.63, 3.8) is 0 Å². The van der Waals surface area contributed by atoms with E-state index in [0.29, 0.717) is 6.29 Å². The van der Waals surface area contributed by atoms with Crippen LogP contribution in [0.15, 0.2) is 18.2 Å². The standard InChI is InChI=1S/C13H16BFO3/c1-12(2)13(3,4)18-14(17-12)11-9(8-16)6-5-7-10(11)15/h5-8H,1-4H3. The number of rotatable bonds is 2. The molecule has 0 N–H and O–H groups in total. The van der Waals surface area contributed by atoms with E-state index in [4.69, 9.17) is 9.31 Å². The number of hydrogen-bond acceptors (Lipinski definition) is 3. The number of hydrogen-bond donors (Lipinski definition) is 0. The van der Waals surface area contributed by atoms with E-state index >= 15 is 0 Å². The number of carbonyl (C=O) groups is 1. The summed E-state index contributed by atoms with van der Waals surface area (Å²) in [5, 5.41) is 0. The maximum absolute atomic E-state index is 13.9. The Morgan fingerprint density at radius 2 is 1.72 bits per heavy atom. The van der Waals surface area contributed by atoms with E-state index in [1.807, 2.05) is 27.7 Å². The molecule has 0 atom stereocenters. The molecule has 0 aliphatic carbocycles. The quantitative estimate of drug-likeness (QED) is 0.594. The summed E-state index contributed by atoms with van der Waals surface area (Å²) in [7, 11) is -0.851. The molecule has 2 rings (SSSR count). The fourth-order valence-corrected chi connectivity index (χ4v) is 1.87. The van der Waals surface area contributed by atoms with Crippen molar-refractivity contribution in [3.05, 3.63) is 29.6 Å². The van der Waals surface area contributed by atoms with E-state index < -0.39 is 24.1 Å². The van der Waals surface area contributed by atoms with Crippen LogP contribution in [0.3, 0.4) is 0 Å². The Bertz CT molecular complexity index is 469. The zero-order chi connectivity index (χ0) is 13.6. The lowest BCUT2D eigenvalue weighted by Gasteiger charge is -2.32. The highest BCUT2D eigenvalue weighted by molar-refractivity contribution is 6.63. The van der Waals surface area contributed by atoms with Crippen LogP contribution in [0.2, 0.25) is 0 Å². The number of aldehydes is 1. The van der Waals surface area contributed by atoms with Gasteiger partial charge >= 0.3 is 7.12 Å². The molecule has 0 bridgehead atoms. The van der Waals surface area contributed by atoms with Crippen LogP contribution in [0.25, 0.3) is 0 Å². The second kappa shape index (κ2) is 4.18. The van der Waals surface area contributed by atoms with Crippen LogP contribution < -0.4 is 5.46 Å². The van der Waals surface area contributed by atoms with Crippen LogP contribution in [-0.4, -0.2) is 24.6 Å². The molecule has 1 heterocycles. The molecule has 1 aliphatic rings. The van der Waals surface area contributed by atoms with Crippen molar-refractivity contribution in [2.75, 3.05) is 0 Å². The van der Waals surface area contributed by atoms with Crippen molar-refractivity contribution in [2.45, 2.75) is 38.9 Å². The van der Waals surface area contributed by atoms with Crippen LogP contribution in [0, 0.1) is 5.82 Å². The van der Waals surface area contributed by atoms with E-state index in [2.05, 4.69) is 0 Å². The van der Waals surface area contributed by atoms with Gasteiger partial charge in [-0.1, -0.05) is 12.1 Å². The molecular formula is C13H16BFO3. The molecule has 1 aromatic rings. The zero-order valence-electron chi connectivity index (χ0n) is 11.0. The average molecular weight is 250 g/mol. The third-order valence-corrected chi connectivity index (χ3v) is 3.70. The minimum Gasteiger partial charge on any atom is -0.399 e. The summed E-state index contributed by atoms with van der Waals surface area (Å²) >= 11 is 0. The van der Waals surface area contributed by atoms with Gasteiger partial charge in [-0.05, 0) is 33.8 Å². The van der Waals surface area contributed by atoms with Crippen molar-refractivity contribution in [1.82, 2.24) is 0 Å². The van der Waals surface area contributed by atoms with Gasteiger partial charge in [0.15, 0.2) is 0 Å². The van der Waals surface area contributed by atoms with Crippen LogP contribution in [-0.2, 0) is 9.31 Å². The Labute approximate surface area is 106 Å². The van der Waals surface area contributed by atoms with Crippen LogP contribution in [0.4, 0.5) is 4.39 Å². The van der Waals surface area contributed by atoms with E-state index in [0.717, 1.165) is 0 Å². The summed E-state index contributed by atoms with van der Waals surface area (Å²) in [6.07, 6.45) is 0.615. The normalized spacial score (nSPS) is 21.1. The molecule has 0 saturated carbocycles. The molecule has 96 valence electrons. The van der Waals surface area contributed by atoms with Gasteiger partial charge < -0.3 is 9.31 Å². The Morgan fingerprint density at radius 1 is 1.17 bits per heavy atom. The fourth-order valence-electron chi connectivity index (χ4n) is 1.87. The maximum Gasteiger partial charge on any atom is 0.498 e. The summed E-state index contributed by atoms with van der Waals surface area (Å²) < 4.78 is 25.4. The van der Waals surface area contributed by atoms with Gasteiger partial charge in [-0.3, -0.25) is 4.79 Å². The predicted molar refractivity (Wildman–Crippen MR) is 67.5 cm³/mol. The highest BCUT2D eigenvalue weighted by Gasteiger charge is 2.52. The highest BCUT2D eigenvalue weighted by atomic mass is 19.1. The first-order chi connectivity index (χ1) is 8.28. The maximum atomic E-state index is 13.9. The first-order valence-electron chi connectivity index (χ1n) is 5.88. The summed E-state index contributed by atoms with van der Waals surface area (Å²) in [6.45, 7) is 7.53. The molecule has 0 spiro atoms. The molecule has 5 heteroatoms. The van der Waals surface area contributed by atoms with Gasteiger partial charge in [0.05, 0.1) is 11.2 Å². The topological polar surface area (TPSA) is 35.5 Å². The second-order valence-corrected chi connectivity index (χ2v) is 5.45. The SMILES string of the molecule is CC1(C)OB(c2c(F)cccc2C=O)OC1(C)C. The lowest BCUT2D eigenvalue weighted by atomic mass is 9.75. The van der Waals surface area contributed by atoms with Gasteiger partial charge in [0.1, 0.15) is 12.1 Å². The van der Waals surface area contributed by atoms with Crippen molar-refractivity contribution < 1.29 is 18.5 Å². The van der Waals surface area contributed by atoms with Gasteiger partial charge in [-0.2, -0.15) is 0 Å². The first-order valence-corrected chi connectivity index (χ1v) is 5.88. The second-order valence-electron chi connectivity index (χ2n) is 5.45. The highest BCUT2D eigenvalue weighted by Crippen LogP contribution is 2.36. The van der Waals surface area contributed by atoms with Crippen molar-refractivity contribution >= 4 is 18.9 Å². The first kappa shape index (κ1) is 13.2. The van der Waals surface area contributed by atoms with Crippen molar-refractivity contribution in [2.24, 2.45) is 0 Å². The summed E-state index contributed by atoms with van der Waals surface area (Å²) in [5.41, 5.74) is -0.681. The lowest BCUT2D eigenvalue weighted by molar-refractivity contribution is 0.00578. The van der Waals surface area contributed by atoms with E-state index in [-0.39, 0.29) is 11.0 Å². The van der Waals surface area contributed by atoms with Gasteiger partial charge in [0.25, 0.3) is 0 Å².